The predicted molar refractivity (Wildman–Crippen MR) is 74.2 cm³/mol. The maximum absolute atomic E-state index is 11.3. The molecule has 0 spiro atoms. The third-order valence-electron chi connectivity index (χ3n) is 2.14. The van der Waals surface area contributed by atoms with E-state index in [9.17, 15) is 9.59 Å². The third kappa shape index (κ3) is 10.6. The monoisotopic (exact) mass is 326 g/mol. The van der Waals surface area contributed by atoms with Gasteiger partial charge in [0.2, 0.25) is 0 Å². The van der Waals surface area contributed by atoms with Crippen LogP contribution < -0.4 is 0 Å². The maximum Gasteiger partial charge on any atom is 0.362 e. The highest BCUT2D eigenvalue weighted by molar-refractivity contribution is 7.41. The topological polar surface area (TPSA) is 101 Å². The zero-order valence-corrected chi connectivity index (χ0v) is 13.5. The molecule has 2 unspecified atom stereocenters. The van der Waals surface area contributed by atoms with Gasteiger partial charge in [0.25, 0.3) is 0 Å². The minimum absolute atomic E-state index is 0.112. The van der Waals surface area contributed by atoms with E-state index in [1.54, 1.807) is 13.8 Å². The molecule has 21 heavy (non-hydrogen) atoms. The van der Waals surface area contributed by atoms with Crippen LogP contribution in [0.2, 0.25) is 0 Å². The highest BCUT2D eigenvalue weighted by atomic mass is 31.2. The highest BCUT2D eigenvalue weighted by Crippen LogP contribution is 2.38. The summed E-state index contributed by atoms with van der Waals surface area (Å²) in [4.78, 5) is 22.4. The molecule has 0 aromatic carbocycles. The number of ether oxygens (including phenoxy) is 2. The number of hydrogen-bond acceptors (Lipinski definition) is 8. The molecular formula is C12H23O8P. The molecule has 1 N–H and O–H groups in total. The SMILES string of the molecule is CCCOP(OO)OCC(COC(=O)CC)OC(=O)CC. The van der Waals surface area contributed by atoms with Gasteiger partial charge in [-0.05, 0) is 6.42 Å². The Hall–Kier alpha value is -0.790. The van der Waals surface area contributed by atoms with Crippen LogP contribution in [-0.4, -0.2) is 43.1 Å². The molecule has 124 valence electrons. The second kappa shape index (κ2) is 12.9. The Balaban J connectivity index is 4.29. The fourth-order valence-corrected chi connectivity index (χ4v) is 1.86. The van der Waals surface area contributed by atoms with Gasteiger partial charge in [-0.25, -0.2) is 5.26 Å². The van der Waals surface area contributed by atoms with E-state index in [4.69, 9.17) is 23.8 Å². The van der Waals surface area contributed by atoms with Crippen molar-refractivity contribution in [2.24, 2.45) is 0 Å². The molecule has 0 heterocycles. The molecule has 0 aliphatic heterocycles. The smallest absolute Gasteiger partial charge is 0.362 e. The third-order valence-corrected chi connectivity index (χ3v) is 3.03. The van der Waals surface area contributed by atoms with Crippen LogP contribution in [0, 0.1) is 0 Å². The van der Waals surface area contributed by atoms with Crippen LogP contribution in [0.1, 0.15) is 40.0 Å². The minimum atomic E-state index is -1.93. The van der Waals surface area contributed by atoms with Gasteiger partial charge in [0.05, 0.1) is 13.2 Å². The van der Waals surface area contributed by atoms with Crippen LogP contribution in [-0.2, 0) is 32.8 Å². The molecule has 0 amide bonds. The summed E-state index contributed by atoms with van der Waals surface area (Å²) >= 11 is 0. The molecule has 0 saturated carbocycles. The quantitative estimate of drug-likeness (QED) is 0.252. The van der Waals surface area contributed by atoms with Crippen molar-refractivity contribution < 1.29 is 38.0 Å². The average molecular weight is 326 g/mol. The molecule has 2 atom stereocenters. The average Bonchev–Trinajstić information content (AvgIpc) is 2.51. The van der Waals surface area contributed by atoms with E-state index in [1.807, 2.05) is 6.92 Å². The number of hydrogen-bond donors (Lipinski definition) is 1. The lowest BCUT2D eigenvalue weighted by Crippen LogP contribution is -2.29. The van der Waals surface area contributed by atoms with Crippen molar-refractivity contribution >= 4 is 20.5 Å². The Morgan fingerprint density at radius 1 is 1.05 bits per heavy atom. The fraction of sp³-hybridized carbons (Fsp3) is 0.833. The van der Waals surface area contributed by atoms with E-state index in [0.717, 1.165) is 6.42 Å². The first kappa shape index (κ1) is 20.2. The van der Waals surface area contributed by atoms with Crippen molar-refractivity contribution in [3.63, 3.8) is 0 Å². The Kier molecular flexibility index (Phi) is 12.4. The van der Waals surface area contributed by atoms with Gasteiger partial charge in [-0.1, -0.05) is 20.8 Å². The van der Waals surface area contributed by atoms with Gasteiger partial charge >= 0.3 is 20.5 Å². The lowest BCUT2D eigenvalue weighted by Gasteiger charge is -2.19. The van der Waals surface area contributed by atoms with Gasteiger partial charge in [-0.15, -0.1) is 0 Å². The fourth-order valence-electron chi connectivity index (χ4n) is 1.07. The lowest BCUT2D eigenvalue weighted by atomic mass is 10.4. The van der Waals surface area contributed by atoms with Crippen molar-refractivity contribution in [3.05, 3.63) is 0 Å². The van der Waals surface area contributed by atoms with Crippen molar-refractivity contribution in [1.82, 2.24) is 0 Å². The number of rotatable bonds is 12. The number of esters is 2. The van der Waals surface area contributed by atoms with Crippen molar-refractivity contribution in [3.8, 4) is 0 Å². The van der Waals surface area contributed by atoms with Crippen LogP contribution in [0.25, 0.3) is 0 Å². The number of carbonyl (C=O) groups is 2. The lowest BCUT2D eigenvalue weighted by molar-refractivity contribution is -0.166. The molecule has 0 bridgehead atoms. The van der Waals surface area contributed by atoms with Gasteiger partial charge in [-0.2, -0.15) is 4.67 Å². The molecule has 8 nitrogen and oxygen atoms in total. The van der Waals surface area contributed by atoms with Crippen LogP contribution in [0.5, 0.6) is 0 Å². The first-order chi connectivity index (χ1) is 10.1. The maximum atomic E-state index is 11.3. The first-order valence-electron chi connectivity index (χ1n) is 6.79. The molecule has 0 aliphatic rings. The zero-order chi connectivity index (χ0) is 16.1. The van der Waals surface area contributed by atoms with Crippen molar-refractivity contribution in [2.75, 3.05) is 19.8 Å². The standard InChI is InChI=1S/C12H23O8P/c1-4-7-17-21(20-15)18-9-10(19-12(14)6-3)8-16-11(13)5-2/h10,15H,4-9H2,1-3H3. The largest absolute Gasteiger partial charge is 0.462 e. The van der Waals surface area contributed by atoms with E-state index in [0.29, 0.717) is 6.61 Å². The van der Waals surface area contributed by atoms with E-state index >= 15 is 0 Å². The predicted octanol–water partition coefficient (Wildman–Crippen LogP) is 2.42. The highest BCUT2D eigenvalue weighted by Gasteiger charge is 2.20. The molecule has 0 fully saturated rings. The molecule has 0 saturated heterocycles. The molecule has 0 aromatic rings. The normalized spacial score (nSPS) is 13.5. The van der Waals surface area contributed by atoms with Gasteiger partial charge in [0.1, 0.15) is 6.61 Å². The minimum Gasteiger partial charge on any atom is -0.462 e. The van der Waals surface area contributed by atoms with Crippen molar-refractivity contribution in [1.29, 1.82) is 0 Å². The summed E-state index contributed by atoms with van der Waals surface area (Å²) in [5.41, 5.74) is 0. The van der Waals surface area contributed by atoms with Gasteiger partial charge in [0.15, 0.2) is 6.10 Å². The van der Waals surface area contributed by atoms with Crippen LogP contribution in [0.3, 0.4) is 0 Å². The Bertz CT molecular complexity index is 299. The second-order valence-corrected chi connectivity index (χ2v) is 5.06. The zero-order valence-electron chi connectivity index (χ0n) is 12.6. The molecular weight excluding hydrogens is 303 g/mol. The van der Waals surface area contributed by atoms with Crippen molar-refractivity contribution in [2.45, 2.75) is 46.1 Å². The van der Waals surface area contributed by atoms with Gasteiger partial charge in [-0.3, -0.25) is 9.59 Å². The van der Waals surface area contributed by atoms with E-state index < -0.39 is 26.6 Å². The Morgan fingerprint density at radius 3 is 2.24 bits per heavy atom. The molecule has 0 rings (SSSR count). The van der Waals surface area contributed by atoms with E-state index in [1.165, 1.54) is 0 Å². The number of carbonyl (C=O) groups excluding carboxylic acids is 2. The molecule has 0 radical (unpaired) electrons. The molecule has 0 aromatic heterocycles. The summed E-state index contributed by atoms with van der Waals surface area (Å²) < 4.78 is 24.3. The summed E-state index contributed by atoms with van der Waals surface area (Å²) in [6.07, 6.45) is 0.365. The Morgan fingerprint density at radius 2 is 1.71 bits per heavy atom. The van der Waals surface area contributed by atoms with Crippen LogP contribution in [0.4, 0.5) is 0 Å². The summed E-state index contributed by atoms with van der Waals surface area (Å²) in [5.74, 6) is -0.852. The summed E-state index contributed by atoms with van der Waals surface area (Å²) in [5, 5.41) is 8.64. The molecule has 9 heteroatoms. The van der Waals surface area contributed by atoms with Gasteiger partial charge < -0.3 is 18.5 Å². The summed E-state index contributed by atoms with van der Waals surface area (Å²) in [7, 11) is -1.93. The Labute approximate surface area is 125 Å². The summed E-state index contributed by atoms with van der Waals surface area (Å²) in [6, 6.07) is 0. The summed E-state index contributed by atoms with van der Waals surface area (Å²) in [6.45, 7) is 5.31. The van der Waals surface area contributed by atoms with Crippen LogP contribution in [0.15, 0.2) is 0 Å². The van der Waals surface area contributed by atoms with Crippen LogP contribution >= 0.6 is 8.60 Å². The molecule has 0 aliphatic carbocycles. The van der Waals surface area contributed by atoms with E-state index in [-0.39, 0.29) is 26.1 Å². The second-order valence-electron chi connectivity index (χ2n) is 3.94. The van der Waals surface area contributed by atoms with E-state index in [2.05, 4.69) is 4.67 Å². The van der Waals surface area contributed by atoms with Gasteiger partial charge in [0, 0.05) is 12.8 Å². The first-order valence-corrected chi connectivity index (χ1v) is 7.89.